The molecule has 1 N–H and O–H groups in total. The lowest BCUT2D eigenvalue weighted by Crippen LogP contribution is -2.44. The number of allylic oxidation sites excluding steroid dienone is 1. The number of ketones is 1. The summed E-state index contributed by atoms with van der Waals surface area (Å²) in [6.07, 6.45) is 3.12. The molecule has 0 aromatic rings. The van der Waals surface area contributed by atoms with Gasteiger partial charge in [0.2, 0.25) is 0 Å². The lowest BCUT2D eigenvalue weighted by Gasteiger charge is -2.21. The molecule has 0 aliphatic heterocycles. The maximum atomic E-state index is 11.3. The summed E-state index contributed by atoms with van der Waals surface area (Å²) < 4.78 is 0. The lowest BCUT2D eigenvalue weighted by atomic mass is 9.96. The Hall–Kier alpha value is -0.630. The lowest BCUT2D eigenvalue weighted by molar-refractivity contribution is -0.124. The number of Topliss-reactive ketones (excluding diaryl/α,β-unsaturated/α-hetero) is 1. The van der Waals surface area contributed by atoms with Crippen LogP contribution < -0.4 is 5.32 Å². The van der Waals surface area contributed by atoms with Gasteiger partial charge in [-0.05, 0) is 27.3 Å². The van der Waals surface area contributed by atoms with Crippen molar-refractivity contribution in [2.24, 2.45) is 0 Å². The molecule has 0 rings (SSSR count). The van der Waals surface area contributed by atoms with E-state index < -0.39 is 0 Å². The number of likely N-dealkylation sites (N-methyl/N-ethyl adjacent to an activating group) is 1. The first kappa shape index (κ1) is 10.4. The van der Waals surface area contributed by atoms with Gasteiger partial charge in [0.15, 0.2) is 5.78 Å². The zero-order valence-corrected chi connectivity index (χ0v) is 7.61. The Labute approximate surface area is 68.7 Å². The maximum Gasteiger partial charge on any atom is 0.152 e. The van der Waals surface area contributed by atoms with Crippen LogP contribution >= 0.6 is 0 Å². The quantitative estimate of drug-likeness (QED) is 0.610. The number of nitrogens with one attached hydrogen (secondary N) is 1. The maximum absolute atomic E-state index is 11.3. The van der Waals surface area contributed by atoms with Crippen LogP contribution in [-0.2, 0) is 4.79 Å². The minimum atomic E-state index is -0.386. The molecule has 2 heteroatoms. The van der Waals surface area contributed by atoms with Gasteiger partial charge >= 0.3 is 0 Å². The monoisotopic (exact) mass is 155 g/mol. The molecule has 2 nitrogen and oxygen atoms in total. The molecule has 0 aliphatic rings. The Morgan fingerprint density at radius 3 is 2.55 bits per heavy atom. The molecule has 0 spiro atoms. The van der Waals surface area contributed by atoms with E-state index in [1.54, 1.807) is 13.1 Å². The Morgan fingerprint density at radius 1 is 1.64 bits per heavy atom. The second-order valence-corrected chi connectivity index (χ2v) is 3.13. The van der Waals surface area contributed by atoms with E-state index in [4.69, 9.17) is 0 Å². The van der Waals surface area contributed by atoms with Crippen molar-refractivity contribution < 1.29 is 4.79 Å². The van der Waals surface area contributed by atoms with Crippen LogP contribution in [0.3, 0.4) is 0 Å². The Kier molecular flexibility index (Phi) is 4.04. The fourth-order valence-corrected chi connectivity index (χ4v) is 0.685. The highest BCUT2D eigenvalue weighted by Gasteiger charge is 2.23. The molecule has 0 atom stereocenters. The first-order valence-electron chi connectivity index (χ1n) is 3.87. The van der Waals surface area contributed by atoms with E-state index in [2.05, 4.69) is 11.9 Å². The largest absolute Gasteiger partial charge is 0.308 e. The third kappa shape index (κ3) is 3.33. The van der Waals surface area contributed by atoms with Crippen molar-refractivity contribution in [1.82, 2.24) is 5.32 Å². The average Bonchev–Trinajstić information content (AvgIpc) is 2.00. The number of carbonyl (C=O) groups is 1. The molecular weight excluding hydrogens is 138 g/mol. The Balaban J connectivity index is 3.91. The molecular formula is C9H17NO. The summed E-state index contributed by atoms with van der Waals surface area (Å²) in [5.41, 5.74) is -0.386. The zero-order valence-electron chi connectivity index (χ0n) is 7.61. The Morgan fingerprint density at radius 2 is 2.18 bits per heavy atom. The number of rotatable bonds is 5. The van der Waals surface area contributed by atoms with Crippen molar-refractivity contribution in [1.29, 1.82) is 0 Å². The van der Waals surface area contributed by atoms with Crippen molar-refractivity contribution >= 4 is 5.78 Å². The predicted molar refractivity (Wildman–Crippen MR) is 47.6 cm³/mol. The second-order valence-electron chi connectivity index (χ2n) is 3.13. The van der Waals surface area contributed by atoms with Crippen molar-refractivity contribution in [2.45, 2.75) is 32.2 Å². The van der Waals surface area contributed by atoms with Crippen molar-refractivity contribution in [2.75, 3.05) is 7.05 Å². The Bertz CT molecular complexity index is 150. The molecule has 0 saturated heterocycles. The van der Waals surface area contributed by atoms with E-state index in [0.717, 1.165) is 6.42 Å². The molecule has 0 heterocycles. The van der Waals surface area contributed by atoms with Crippen molar-refractivity contribution in [3.05, 3.63) is 12.7 Å². The van der Waals surface area contributed by atoms with Crippen LogP contribution in [0.2, 0.25) is 0 Å². The number of hydrogen-bond donors (Lipinski definition) is 1. The second kappa shape index (κ2) is 4.29. The molecule has 0 amide bonds. The van der Waals surface area contributed by atoms with Crippen LogP contribution in [0.4, 0.5) is 0 Å². The van der Waals surface area contributed by atoms with E-state index in [-0.39, 0.29) is 11.3 Å². The molecule has 0 bridgehead atoms. The summed E-state index contributed by atoms with van der Waals surface area (Å²) >= 11 is 0. The van der Waals surface area contributed by atoms with Gasteiger partial charge in [-0.2, -0.15) is 0 Å². The third-order valence-electron chi connectivity index (χ3n) is 1.90. The number of carbonyl (C=O) groups excluding carboxylic acids is 1. The fourth-order valence-electron chi connectivity index (χ4n) is 0.685. The molecule has 11 heavy (non-hydrogen) atoms. The molecule has 0 fully saturated rings. The van der Waals surface area contributed by atoms with E-state index in [9.17, 15) is 4.79 Å². The standard InChI is InChI=1S/C9H17NO/c1-5-6-7-8(11)9(2,3)10-4/h5,10H,1,6-7H2,2-4H3. The molecule has 0 unspecified atom stereocenters. The van der Waals surface area contributed by atoms with Gasteiger partial charge in [-0.25, -0.2) is 0 Å². The normalized spacial score (nSPS) is 11.2. The van der Waals surface area contributed by atoms with Crippen molar-refractivity contribution in [3.63, 3.8) is 0 Å². The summed E-state index contributed by atoms with van der Waals surface area (Å²) in [4.78, 5) is 11.3. The minimum absolute atomic E-state index is 0.236. The van der Waals surface area contributed by atoms with E-state index in [1.807, 2.05) is 13.8 Å². The molecule has 0 aromatic carbocycles. The summed E-state index contributed by atoms with van der Waals surface area (Å²) in [5, 5.41) is 2.97. The van der Waals surface area contributed by atoms with Crippen molar-refractivity contribution in [3.8, 4) is 0 Å². The summed E-state index contributed by atoms with van der Waals surface area (Å²) in [7, 11) is 1.80. The molecule has 0 aromatic heterocycles. The van der Waals surface area contributed by atoms with Gasteiger partial charge in [-0.3, -0.25) is 4.79 Å². The van der Waals surface area contributed by atoms with Crippen LogP contribution in [-0.4, -0.2) is 18.4 Å². The third-order valence-corrected chi connectivity index (χ3v) is 1.90. The van der Waals surface area contributed by atoms with Gasteiger partial charge in [-0.1, -0.05) is 6.08 Å². The highest BCUT2D eigenvalue weighted by molar-refractivity contribution is 5.87. The molecule has 0 aliphatic carbocycles. The fraction of sp³-hybridized carbons (Fsp3) is 0.667. The van der Waals surface area contributed by atoms with Gasteiger partial charge in [0, 0.05) is 6.42 Å². The molecule has 0 saturated carbocycles. The van der Waals surface area contributed by atoms with E-state index >= 15 is 0 Å². The van der Waals surface area contributed by atoms with Crippen LogP contribution in [0.25, 0.3) is 0 Å². The zero-order chi connectivity index (χ0) is 8.91. The van der Waals surface area contributed by atoms with Crippen LogP contribution in [0.1, 0.15) is 26.7 Å². The first-order chi connectivity index (χ1) is 5.04. The highest BCUT2D eigenvalue weighted by Crippen LogP contribution is 2.07. The predicted octanol–water partition coefficient (Wildman–Crippen LogP) is 1.52. The van der Waals surface area contributed by atoms with Gasteiger partial charge < -0.3 is 5.32 Å². The van der Waals surface area contributed by atoms with Gasteiger partial charge in [0.25, 0.3) is 0 Å². The highest BCUT2D eigenvalue weighted by atomic mass is 16.1. The topological polar surface area (TPSA) is 29.1 Å². The summed E-state index contributed by atoms with van der Waals surface area (Å²) in [6.45, 7) is 7.34. The van der Waals surface area contributed by atoms with Crippen LogP contribution in [0, 0.1) is 0 Å². The SMILES string of the molecule is C=CCCC(=O)C(C)(C)NC. The van der Waals surface area contributed by atoms with E-state index in [1.165, 1.54) is 0 Å². The summed E-state index contributed by atoms with van der Waals surface area (Å²) in [5.74, 6) is 0.236. The van der Waals surface area contributed by atoms with Gasteiger partial charge in [0.1, 0.15) is 0 Å². The van der Waals surface area contributed by atoms with Gasteiger partial charge in [-0.15, -0.1) is 6.58 Å². The van der Waals surface area contributed by atoms with Crippen LogP contribution in [0.15, 0.2) is 12.7 Å². The molecule has 64 valence electrons. The van der Waals surface area contributed by atoms with Gasteiger partial charge in [0.05, 0.1) is 5.54 Å². The smallest absolute Gasteiger partial charge is 0.152 e. The minimum Gasteiger partial charge on any atom is -0.308 e. The average molecular weight is 155 g/mol. The van der Waals surface area contributed by atoms with E-state index in [0.29, 0.717) is 6.42 Å². The number of hydrogen-bond acceptors (Lipinski definition) is 2. The summed E-state index contributed by atoms with van der Waals surface area (Å²) in [6, 6.07) is 0. The molecule has 0 radical (unpaired) electrons. The van der Waals surface area contributed by atoms with Crippen LogP contribution in [0.5, 0.6) is 0 Å². The first-order valence-corrected chi connectivity index (χ1v) is 3.87.